The van der Waals surface area contributed by atoms with Crippen molar-refractivity contribution >= 4 is 11.7 Å². The van der Waals surface area contributed by atoms with Crippen molar-refractivity contribution in [1.29, 1.82) is 0 Å². The van der Waals surface area contributed by atoms with Crippen LogP contribution in [0.1, 0.15) is 18.1 Å². The van der Waals surface area contributed by atoms with Gasteiger partial charge in [-0.2, -0.15) is 31.4 Å². The van der Waals surface area contributed by atoms with Crippen LogP contribution in [0.3, 0.4) is 0 Å². The standard InChI is InChI=1S/C18H13F6N7O/c1-10(16(32)29-28-14-7-25-2-3-26-14)8-31-9-27-15(30-31)11-4-12(17(19,20)21)6-13(5-11)18(22,23)24/h2-7,9-10H,8H2,1H3. The van der Waals surface area contributed by atoms with Gasteiger partial charge in [0.25, 0.3) is 5.91 Å². The second-order valence-corrected chi connectivity index (χ2v) is 6.59. The lowest BCUT2D eigenvalue weighted by Gasteiger charge is -2.13. The molecule has 0 saturated carbocycles. The van der Waals surface area contributed by atoms with Gasteiger partial charge in [-0.3, -0.25) is 14.5 Å². The molecule has 2 aromatic heterocycles. The molecule has 3 rings (SSSR count). The first kappa shape index (κ1) is 23.0. The van der Waals surface area contributed by atoms with Gasteiger partial charge >= 0.3 is 12.4 Å². The molecule has 1 unspecified atom stereocenters. The van der Waals surface area contributed by atoms with Gasteiger partial charge in [-0.15, -0.1) is 10.2 Å². The summed E-state index contributed by atoms with van der Waals surface area (Å²) in [6.07, 6.45) is -4.84. The van der Waals surface area contributed by atoms with E-state index in [2.05, 4.69) is 30.3 Å². The van der Waals surface area contributed by atoms with E-state index in [1.54, 1.807) is 0 Å². The minimum atomic E-state index is -4.99. The fourth-order valence-electron chi connectivity index (χ4n) is 2.50. The summed E-state index contributed by atoms with van der Waals surface area (Å²) in [6.45, 7) is 1.40. The van der Waals surface area contributed by atoms with Crippen LogP contribution in [0, 0.1) is 5.92 Å². The van der Waals surface area contributed by atoms with E-state index >= 15 is 0 Å². The van der Waals surface area contributed by atoms with Crippen LogP contribution in [0.15, 0.2) is 53.3 Å². The van der Waals surface area contributed by atoms with Crippen LogP contribution >= 0.6 is 0 Å². The summed E-state index contributed by atoms with van der Waals surface area (Å²) in [7, 11) is 0. The van der Waals surface area contributed by atoms with Crippen LogP contribution in [-0.4, -0.2) is 30.6 Å². The molecule has 8 nitrogen and oxygen atoms in total. The number of carbonyl (C=O) groups excluding carboxylic acids is 1. The molecule has 2 heterocycles. The van der Waals surface area contributed by atoms with Crippen molar-refractivity contribution in [2.75, 3.05) is 0 Å². The maximum atomic E-state index is 13.0. The Bertz CT molecular complexity index is 1090. The maximum absolute atomic E-state index is 13.0. The van der Waals surface area contributed by atoms with Crippen LogP contribution in [0.5, 0.6) is 0 Å². The van der Waals surface area contributed by atoms with Gasteiger partial charge < -0.3 is 0 Å². The molecule has 0 radical (unpaired) electrons. The minimum Gasteiger partial charge on any atom is -0.271 e. The number of azo groups is 1. The molecule has 14 heteroatoms. The van der Waals surface area contributed by atoms with Gasteiger partial charge in [0.2, 0.25) is 0 Å². The largest absolute Gasteiger partial charge is 0.416 e. The molecule has 0 aliphatic rings. The minimum absolute atomic E-state index is 0.0172. The second-order valence-electron chi connectivity index (χ2n) is 6.59. The molecule has 0 fully saturated rings. The highest BCUT2D eigenvalue weighted by molar-refractivity contribution is 5.78. The third kappa shape index (κ3) is 5.70. The average Bonchev–Trinajstić information content (AvgIpc) is 3.19. The number of halogens is 6. The predicted molar refractivity (Wildman–Crippen MR) is 96.2 cm³/mol. The zero-order chi connectivity index (χ0) is 23.5. The lowest BCUT2D eigenvalue weighted by Crippen LogP contribution is -2.16. The average molecular weight is 457 g/mol. The Labute approximate surface area is 176 Å². The molecule has 0 bridgehead atoms. The number of amides is 1. The summed E-state index contributed by atoms with van der Waals surface area (Å²) in [4.78, 5) is 23.4. The predicted octanol–water partition coefficient (Wildman–Crippen LogP) is 4.72. The highest BCUT2D eigenvalue weighted by atomic mass is 19.4. The summed E-state index contributed by atoms with van der Waals surface area (Å²) in [5.74, 6) is -1.66. The summed E-state index contributed by atoms with van der Waals surface area (Å²) < 4.78 is 79.3. The lowest BCUT2D eigenvalue weighted by molar-refractivity contribution is -0.143. The maximum Gasteiger partial charge on any atom is 0.416 e. The van der Waals surface area contributed by atoms with E-state index in [4.69, 9.17) is 0 Å². The Morgan fingerprint density at radius 1 is 1.03 bits per heavy atom. The van der Waals surface area contributed by atoms with E-state index in [9.17, 15) is 31.1 Å². The summed E-state index contributed by atoms with van der Waals surface area (Å²) in [6, 6.07) is 1.07. The third-order valence-electron chi connectivity index (χ3n) is 4.07. The van der Waals surface area contributed by atoms with E-state index in [1.165, 1.54) is 25.5 Å². The monoisotopic (exact) mass is 457 g/mol. The Kier molecular flexibility index (Phi) is 6.32. The number of nitrogens with zero attached hydrogens (tertiary/aromatic N) is 7. The molecular weight excluding hydrogens is 444 g/mol. The first-order valence-corrected chi connectivity index (χ1v) is 8.84. The van der Waals surface area contributed by atoms with Crippen LogP contribution in [0.25, 0.3) is 11.4 Å². The first-order chi connectivity index (χ1) is 14.9. The van der Waals surface area contributed by atoms with Crippen molar-refractivity contribution in [3.05, 3.63) is 54.2 Å². The number of rotatable bonds is 5. The van der Waals surface area contributed by atoms with E-state index in [0.717, 1.165) is 11.0 Å². The Morgan fingerprint density at radius 3 is 2.25 bits per heavy atom. The summed E-state index contributed by atoms with van der Waals surface area (Å²) >= 11 is 0. The summed E-state index contributed by atoms with van der Waals surface area (Å²) in [5, 5.41) is 11.0. The molecule has 1 aromatic carbocycles. The Balaban J connectivity index is 1.79. The van der Waals surface area contributed by atoms with E-state index < -0.39 is 40.9 Å². The molecule has 0 aliphatic carbocycles. The van der Waals surface area contributed by atoms with Gasteiger partial charge in [0, 0.05) is 18.0 Å². The number of hydrogen-bond acceptors (Lipinski definition) is 6. The van der Waals surface area contributed by atoms with Crippen molar-refractivity contribution < 1.29 is 31.1 Å². The van der Waals surface area contributed by atoms with Crippen LogP contribution in [0.4, 0.5) is 32.2 Å². The second kappa shape index (κ2) is 8.80. The highest BCUT2D eigenvalue weighted by Crippen LogP contribution is 2.38. The topological polar surface area (TPSA) is 98.3 Å². The molecule has 1 atom stereocenters. The van der Waals surface area contributed by atoms with E-state index in [0.29, 0.717) is 12.1 Å². The van der Waals surface area contributed by atoms with Crippen molar-refractivity contribution in [3.8, 4) is 11.4 Å². The molecule has 32 heavy (non-hydrogen) atoms. The molecule has 0 N–H and O–H groups in total. The smallest absolute Gasteiger partial charge is 0.271 e. The van der Waals surface area contributed by atoms with Gasteiger partial charge in [0.05, 0.1) is 29.8 Å². The van der Waals surface area contributed by atoms with Gasteiger partial charge in [-0.1, -0.05) is 6.92 Å². The normalized spacial score (nSPS) is 13.5. The SMILES string of the molecule is CC(Cn1cnc(-c2cc(C(F)(F)F)cc(C(F)(F)F)c2)n1)C(=O)N=Nc1cnccn1. The van der Waals surface area contributed by atoms with Gasteiger partial charge in [0.1, 0.15) is 6.33 Å². The molecule has 168 valence electrons. The van der Waals surface area contributed by atoms with Gasteiger partial charge in [-0.05, 0) is 18.2 Å². The van der Waals surface area contributed by atoms with Crippen molar-refractivity contribution in [3.63, 3.8) is 0 Å². The fraction of sp³-hybridized carbons (Fsp3) is 0.278. The molecule has 0 saturated heterocycles. The quantitative estimate of drug-likeness (QED) is 0.408. The number of hydrogen-bond donors (Lipinski definition) is 0. The molecule has 0 aliphatic heterocycles. The number of benzene rings is 1. The van der Waals surface area contributed by atoms with Gasteiger partial charge in [-0.25, -0.2) is 9.97 Å². The van der Waals surface area contributed by atoms with Crippen LogP contribution in [0.2, 0.25) is 0 Å². The lowest BCUT2D eigenvalue weighted by atomic mass is 10.0. The Hall–Kier alpha value is -3.71. The number of carbonyl (C=O) groups is 1. The zero-order valence-corrected chi connectivity index (χ0v) is 16.1. The summed E-state index contributed by atoms with van der Waals surface area (Å²) in [5.41, 5.74) is -3.43. The molecule has 0 spiro atoms. The van der Waals surface area contributed by atoms with Crippen LogP contribution in [-0.2, 0) is 23.7 Å². The molecule has 1 amide bonds. The molecular formula is C18H13F6N7O. The van der Waals surface area contributed by atoms with Crippen molar-refractivity contribution in [2.45, 2.75) is 25.8 Å². The fourth-order valence-corrected chi connectivity index (χ4v) is 2.50. The van der Waals surface area contributed by atoms with E-state index in [-0.39, 0.29) is 24.3 Å². The molecule has 3 aromatic rings. The number of aromatic nitrogens is 5. The van der Waals surface area contributed by atoms with Crippen molar-refractivity contribution in [2.24, 2.45) is 16.1 Å². The van der Waals surface area contributed by atoms with Gasteiger partial charge in [0.15, 0.2) is 11.6 Å². The Morgan fingerprint density at radius 2 is 1.69 bits per heavy atom. The first-order valence-electron chi connectivity index (χ1n) is 8.84. The van der Waals surface area contributed by atoms with Crippen LogP contribution < -0.4 is 0 Å². The third-order valence-corrected chi connectivity index (χ3v) is 4.07. The zero-order valence-electron chi connectivity index (χ0n) is 16.1. The number of alkyl halides is 6. The highest BCUT2D eigenvalue weighted by Gasteiger charge is 2.37. The van der Waals surface area contributed by atoms with Crippen molar-refractivity contribution in [1.82, 2.24) is 24.7 Å². The van der Waals surface area contributed by atoms with E-state index in [1.807, 2.05) is 0 Å².